The van der Waals surface area contributed by atoms with Crippen molar-refractivity contribution in [2.45, 2.75) is 52.4 Å². The van der Waals surface area contributed by atoms with E-state index in [1.165, 1.54) is 7.11 Å². The third-order valence-corrected chi connectivity index (χ3v) is 6.08. The van der Waals surface area contributed by atoms with Crippen molar-refractivity contribution >= 4 is 35.5 Å². The molecule has 0 saturated carbocycles. The van der Waals surface area contributed by atoms with Crippen LogP contribution >= 0.6 is 11.6 Å². The minimum atomic E-state index is -0.328. The number of carbonyl (C=O) groups is 2. The second kappa shape index (κ2) is 15.0. The molecular formula is C31H36ClNO3. The first-order valence-electron chi connectivity index (χ1n) is 12.3. The fourth-order valence-electron chi connectivity index (χ4n) is 4.08. The van der Waals surface area contributed by atoms with Crippen molar-refractivity contribution in [3.05, 3.63) is 100 Å². The molecule has 0 fully saturated rings. The Balaban J connectivity index is 2.06. The zero-order chi connectivity index (χ0) is 26.5. The predicted octanol–water partition coefficient (Wildman–Crippen LogP) is 7.73. The summed E-state index contributed by atoms with van der Waals surface area (Å²) in [5.74, 6) is -0.295. The smallest absolute Gasteiger partial charge is 0.334 e. The van der Waals surface area contributed by atoms with E-state index in [4.69, 9.17) is 21.3 Å². The Morgan fingerprint density at radius 2 is 2.06 bits per heavy atom. The lowest BCUT2D eigenvalue weighted by atomic mass is 9.88. The van der Waals surface area contributed by atoms with Crippen LogP contribution in [0.25, 0.3) is 12.2 Å². The lowest BCUT2D eigenvalue weighted by molar-refractivity contribution is -0.136. The van der Waals surface area contributed by atoms with Crippen molar-refractivity contribution in [1.29, 1.82) is 0 Å². The minimum absolute atomic E-state index is 0.00376. The summed E-state index contributed by atoms with van der Waals surface area (Å²) in [5.41, 5.74) is 4.73. The van der Waals surface area contributed by atoms with E-state index in [2.05, 4.69) is 13.2 Å². The number of Topliss-reactive ketones (excluding diaryl/α,β-unsaturated/α-hetero) is 1. The average Bonchev–Trinajstić information content (AvgIpc) is 3.10. The van der Waals surface area contributed by atoms with Gasteiger partial charge in [-0.05, 0) is 75.7 Å². The number of nitrogens with zero attached hydrogens (tertiary/aromatic N) is 1. The molecule has 4 nitrogen and oxygen atoms in total. The maximum Gasteiger partial charge on any atom is 0.334 e. The van der Waals surface area contributed by atoms with Gasteiger partial charge in [0.2, 0.25) is 0 Å². The first-order chi connectivity index (χ1) is 17.3. The highest BCUT2D eigenvalue weighted by Crippen LogP contribution is 2.27. The van der Waals surface area contributed by atoms with E-state index in [9.17, 15) is 9.59 Å². The first-order valence-corrected chi connectivity index (χ1v) is 12.6. The maximum absolute atomic E-state index is 13.1. The number of methoxy groups -OCH3 is 1. The lowest BCUT2D eigenvalue weighted by Crippen LogP contribution is -2.16. The SMILES string of the molecule is C=Cc1ccc(CCC(=C)C=C(C=CC)C(=O)CCC2CCC=CC=C2C(=O)OC)nc1C=C(C)Cl. The van der Waals surface area contributed by atoms with E-state index >= 15 is 0 Å². The second-order valence-corrected chi connectivity index (χ2v) is 9.34. The van der Waals surface area contributed by atoms with Crippen LogP contribution in [0, 0.1) is 5.92 Å². The van der Waals surface area contributed by atoms with E-state index in [-0.39, 0.29) is 17.7 Å². The third kappa shape index (κ3) is 9.09. The van der Waals surface area contributed by atoms with E-state index in [0.717, 1.165) is 35.4 Å². The van der Waals surface area contributed by atoms with Gasteiger partial charge in [0.05, 0.1) is 12.8 Å². The second-order valence-electron chi connectivity index (χ2n) is 8.75. The molecule has 0 bridgehead atoms. The van der Waals surface area contributed by atoms with Crippen molar-refractivity contribution in [3.63, 3.8) is 0 Å². The molecule has 0 amide bonds. The predicted molar refractivity (Wildman–Crippen MR) is 150 cm³/mol. The normalized spacial score (nSPS) is 16.4. The molecule has 0 aliphatic heterocycles. The molecule has 1 unspecified atom stereocenters. The largest absolute Gasteiger partial charge is 0.466 e. The van der Waals surface area contributed by atoms with Gasteiger partial charge in [-0.1, -0.05) is 72.9 Å². The van der Waals surface area contributed by atoms with Crippen LogP contribution in [0.15, 0.2) is 83.5 Å². The fraction of sp³-hybridized carbons (Fsp3) is 0.323. The van der Waals surface area contributed by atoms with Gasteiger partial charge in [0, 0.05) is 28.3 Å². The number of aryl methyl sites for hydroxylation is 1. The highest BCUT2D eigenvalue weighted by atomic mass is 35.5. The number of allylic oxidation sites excluding steroid dienone is 9. The molecule has 1 aliphatic rings. The molecule has 0 spiro atoms. The van der Waals surface area contributed by atoms with Crippen molar-refractivity contribution in [2.75, 3.05) is 7.11 Å². The summed E-state index contributed by atoms with van der Waals surface area (Å²) in [6, 6.07) is 3.95. The monoisotopic (exact) mass is 505 g/mol. The van der Waals surface area contributed by atoms with E-state index in [1.807, 2.05) is 68.5 Å². The molecule has 0 radical (unpaired) electrons. The number of ether oxygens (including phenoxy) is 1. The molecule has 36 heavy (non-hydrogen) atoms. The summed E-state index contributed by atoms with van der Waals surface area (Å²) in [4.78, 5) is 30.0. The topological polar surface area (TPSA) is 56.3 Å². The Morgan fingerprint density at radius 3 is 2.72 bits per heavy atom. The van der Waals surface area contributed by atoms with E-state index in [1.54, 1.807) is 6.08 Å². The quantitative estimate of drug-likeness (QED) is 0.166. The highest BCUT2D eigenvalue weighted by molar-refractivity contribution is 6.31. The number of hydrogen-bond donors (Lipinski definition) is 0. The minimum Gasteiger partial charge on any atom is -0.466 e. The number of carbonyl (C=O) groups excluding carboxylic acids is 2. The summed E-state index contributed by atoms with van der Waals surface area (Å²) in [6.45, 7) is 11.7. The fourth-order valence-corrected chi connectivity index (χ4v) is 4.19. The van der Waals surface area contributed by atoms with Crippen LogP contribution in [0.2, 0.25) is 0 Å². The molecular weight excluding hydrogens is 470 g/mol. The Bertz CT molecular complexity index is 1130. The summed E-state index contributed by atoms with van der Waals surface area (Å²) in [5, 5.41) is 0.652. The number of esters is 1. The molecule has 0 saturated heterocycles. The van der Waals surface area contributed by atoms with Crippen LogP contribution in [-0.4, -0.2) is 23.8 Å². The van der Waals surface area contributed by atoms with Crippen LogP contribution in [0.3, 0.4) is 0 Å². The molecule has 1 heterocycles. The van der Waals surface area contributed by atoms with E-state index in [0.29, 0.717) is 41.9 Å². The van der Waals surface area contributed by atoms with Crippen molar-refractivity contribution in [1.82, 2.24) is 4.98 Å². The van der Waals surface area contributed by atoms with Gasteiger partial charge in [-0.25, -0.2) is 4.79 Å². The summed E-state index contributed by atoms with van der Waals surface area (Å²) in [6.07, 6.45) is 18.8. The van der Waals surface area contributed by atoms with Gasteiger partial charge >= 0.3 is 5.97 Å². The molecule has 2 rings (SSSR count). The maximum atomic E-state index is 13.1. The number of ketones is 1. The number of halogens is 1. The Hall–Kier alpha value is -3.24. The molecule has 1 aromatic rings. The molecule has 190 valence electrons. The summed E-state index contributed by atoms with van der Waals surface area (Å²) in [7, 11) is 1.39. The molecule has 1 atom stereocenters. The molecule has 5 heteroatoms. The number of pyridine rings is 1. The van der Waals surface area contributed by atoms with Crippen molar-refractivity contribution < 1.29 is 14.3 Å². The Kier molecular flexibility index (Phi) is 12.1. The molecule has 0 aromatic carbocycles. The van der Waals surface area contributed by atoms with Crippen LogP contribution in [-0.2, 0) is 20.7 Å². The average molecular weight is 506 g/mol. The number of aromatic nitrogens is 1. The Morgan fingerprint density at radius 1 is 1.28 bits per heavy atom. The van der Waals surface area contributed by atoms with Gasteiger partial charge in [-0.15, -0.1) is 0 Å². The van der Waals surface area contributed by atoms with Gasteiger partial charge in [0.15, 0.2) is 5.78 Å². The van der Waals surface area contributed by atoms with Crippen molar-refractivity contribution in [3.8, 4) is 0 Å². The van der Waals surface area contributed by atoms with Crippen LogP contribution in [0.4, 0.5) is 0 Å². The van der Waals surface area contributed by atoms with Gasteiger partial charge in [-0.3, -0.25) is 9.78 Å². The molecule has 1 aromatic heterocycles. The van der Waals surface area contributed by atoms with E-state index < -0.39 is 0 Å². The van der Waals surface area contributed by atoms with Crippen LogP contribution in [0.5, 0.6) is 0 Å². The first kappa shape index (κ1) is 29.0. The summed E-state index contributed by atoms with van der Waals surface area (Å²) < 4.78 is 4.94. The molecule has 1 aliphatic carbocycles. The van der Waals surface area contributed by atoms with Gasteiger partial charge < -0.3 is 4.74 Å². The third-order valence-electron chi connectivity index (χ3n) is 5.98. The van der Waals surface area contributed by atoms with Gasteiger partial charge in [-0.2, -0.15) is 0 Å². The standard InChI is InChI=1S/C31H36ClNO3/c1-6-11-26(30(34)19-16-25-12-9-8-10-13-28(25)31(35)36-5)20-22(3)14-17-27-18-15-24(7-2)29(33-27)21-23(4)32/h6-8,10-11,13,15,18,20-21,25H,2-3,9,12,14,16-17,19H2,1,4-5H3. The van der Waals surface area contributed by atoms with Gasteiger partial charge in [0.1, 0.15) is 0 Å². The highest BCUT2D eigenvalue weighted by Gasteiger charge is 2.23. The zero-order valence-corrected chi connectivity index (χ0v) is 22.3. The van der Waals surface area contributed by atoms with Crippen molar-refractivity contribution in [2.24, 2.45) is 5.92 Å². The summed E-state index contributed by atoms with van der Waals surface area (Å²) >= 11 is 6.05. The number of hydrogen-bond acceptors (Lipinski definition) is 4. The van der Waals surface area contributed by atoms with Gasteiger partial charge in [0.25, 0.3) is 0 Å². The van der Waals surface area contributed by atoms with Crippen LogP contribution in [0.1, 0.15) is 62.9 Å². The molecule has 0 N–H and O–H groups in total. The van der Waals surface area contributed by atoms with Crippen LogP contribution < -0.4 is 0 Å². The Labute approximate surface area is 220 Å². The zero-order valence-electron chi connectivity index (χ0n) is 21.6. The number of rotatable bonds is 12. The lowest BCUT2D eigenvalue weighted by Gasteiger charge is -2.17.